The van der Waals surface area contributed by atoms with E-state index in [-0.39, 0.29) is 13.2 Å². The molecule has 0 aliphatic rings. The fraction of sp³-hybridized carbons (Fsp3) is 0.889. The number of aliphatic hydroxyl groups excluding tert-OH is 4. The van der Waals surface area contributed by atoms with E-state index in [2.05, 4.69) is 4.74 Å². The Kier molecular flexibility index (Phi) is 19.4. The fourth-order valence-electron chi connectivity index (χ4n) is 2.54. The van der Waals surface area contributed by atoms with Crippen molar-refractivity contribution in [2.75, 3.05) is 55.9 Å². The molecular weight excluding hydrogens is 408 g/mol. The number of hydrogen-bond acceptors (Lipinski definition) is 12. The summed E-state index contributed by atoms with van der Waals surface area (Å²) in [5, 5.41) is 38.0. The van der Waals surface area contributed by atoms with Crippen molar-refractivity contribution in [2.45, 2.75) is 48.8 Å². The summed E-state index contributed by atoms with van der Waals surface area (Å²) in [6, 6.07) is 0. The number of methoxy groups -OCH3 is 6. The Morgan fingerprint density at radius 2 is 1.10 bits per heavy atom. The minimum Gasteiger partial charge on any atom is -0.388 e. The second-order valence-electron chi connectivity index (χ2n) is 6.10. The predicted octanol–water partition coefficient (Wildman–Crippen LogP) is -2.83. The molecule has 0 bridgehead atoms. The second kappa shape index (κ2) is 18.7. The summed E-state index contributed by atoms with van der Waals surface area (Å²) in [5.41, 5.74) is 0. The zero-order valence-electron chi connectivity index (χ0n) is 18.2. The molecule has 0 rings (SSSR count). The van der Waals surface area contributed by atoms with Crippen molar-refractivity contribution in [2.24, 2.45) is 0 Å². The Morgan fingerprint density at radius 3 is 1.43 bits per heavy atom. The van der Waals surface area contributed by atoms with Crippen LogP contribution in [0.15, 0.2) is 0 Å². The third-order valence-corrected chi connectivity index (χ3v) is 4.13. The van der Waals surface area contributed by atoms with Crippen LogP contribution in [0.5, 0.6) is 0 Å². The Balaban J connectivity index is 0. The van der Waals surface area contributed by atoms with Crippen molar-refractivity contribution in [3.63, 3.8) is 0 Å². The number of aliphatic hydroxyl groups is 4. The van der Waals surface area contributed by atoms with Crippen molar-refractivity contribution in [3.05, 3.63) is 0 Å². The smallest absolute Gasteiger partial charge is 0.151 e. The number of ether oxygens (including phenoxy) is 6. The lowest BCUT2D eigenvalue weighted by Crippen LogP contribution is -2.48. The highest BCUT2D eigenvalue weighted by atomic mass is 16.6. The maximum Gasteiger partial charge on any atom is 0.151 e. The molecular formula is C18H36O12. The molecule has 0 saturated carbocycles. The highest BCUT2D eigenvalue weighted by molar-refractivity contribution is 5.57. The van der Waals surface area contributed by atoms with E-state index in [0.29, 0.717) is 12.6 Å². The summed E-state index contributed by atoms with van der Waals surface area (Å²) < 4.78 is 29.0. The Morgan fingerprint density at radius 1 is 0.633 bits per heavy atom. The van der Waals surface area contributed by atoms with Crippen LogP contribution >= 0.6 is 0 Å². The normalized spacial score (nSPS) is 19.3. The van der Waals surface area contributed by atoms with Gasteiger partial charge in [-0.15, -0.1) is 0 Å². The number of hydrogen-bond donors (Lipinski definition) is 4. The highest BCUT2D eigenvalue weighted by Gasteiger charge is 2.34. The van der Waals surface area contributed by atoms with Gasteiger partial charge in [0.25, 0.3) is 0 Å². The predicted molar refractivity (Wildman–Crippen MR) is 103 cm³/mol. The molecule has 0 aliphatic heterocycles. The molecule has 0 unspecified atom stereocenters. The van der Waals surface area contributed by atoms with Gasteiger partial charge >= 0.3 is 0 Å². The molecule has 8 atom stereocenters. The van der Waals surface area contributed by atoms with Crippen molar-refractivity contribution >= 4 is 12.6 Å². The summed E-state index contributed by atoms with van der Waals surface area (Å²) in [6.07, 6.45) is -7.42. The van der Waals surface area contributed by atoms with E-state index in [1.807, 2.05) is 0 Å². The molecule has 0 radical (unpaired) electrons. The van der Waals surface area contributed by atoms with Crippen LogP contribution in [-0.2, 0) is 38.0 Å². The molecule has 12 heteroatoms. The van der Waals surface area contributed by atoms with Gasteiger partial charge < -0.3 is 58.4 Å². The van der Waals surface area contributed by atoms with Crippen LogP contribution in [0.2, 0.25) is 0 Å². The lowest BCUT2D eigenvalue weighted by molar-refractivity contribution is -0.151. The van der Waals surface area contributed by atoms with Crippen molar-refractivity contribution < 1.29 is 58.4 Å². The molecule has 0 saturated heterocycles. The first-order chi connectivity index (χ1) is 14.2. The van der Waals surface area contributed by atoms with Gasteiger partial charge in [0, 0.05) is 42.7 Å². The highest BCUT2D eigenvalue weighted by Crippen LogP contribution is 2.12. The van der Waals surface area contributed by atoms with Gasteiger partial charge in [-0.1, -0.05) is 0 Å². The van der Waals surface area contributed by atoms with Gasteiger partial charge in [-0.25, -0.2) is 0 Å². The molecule has 0 aromatic rings. The van der Waals surface area contributed by atoms with Crippen LogP contribution in [0.25, 0.3) is 0 Å². The minimum atomic E-state index is -1.34. The van der Waals surface area contributed by atoms with Gasteiger partial charge in [-0.3, -0.25) is 0 Å². The average Bonchev–Trinajstić information content (AvgIpc) is 2.75. The SMILES string of the molecule is COC[C@@H](O)[C@@H](O)[C@H](OC)[C@H](C=O)OC.COC[C@@H](O)[C@H](OC)[C@H](OC)[C@@H](O)C=O. The topological polar surface area (TPSA) is 170 Å². The van der Waals surface area contributed by atoms with Gasteiger partial charge in [0.2, 0.25) is 0 Å². The summed E-state index contributed by atoms with van der Waals surface area (Å²) in [5.74, 6) is 0. The van der Waals surface area contributed by atoms with Crippen LogP contribution in [0.3, 0.4) is 0 Å². The molecule has 0 fully saturated rings. The van der Waals surface area contributed by atoms with Crippen LogP contribution in [0.1, 0.15) is 0 Å². The van der Waals surface area contributed by atoms with Gasteiger partial charge in [0.1, 0.15) is 48.8 Å². The number of aldehydes is 2. The van der Waals surface area contributed by atoms with Gasteiger partial charge in [0.05, 0.1) is 13.2 Å². The van der Waals surface area contributed by atoms with Crippen LogP contribution in [-0.4, -0.2) is 138 Å². The van der Waals surface area contributed by atoms with E-state index in [1.54, 1.807) is 0 Å². The minimum absolute atomic E-state index is 0.0317. The van der Waals surface area contributed by atoms with Crippen molar-refractivity contribution in [1.82, 2.24) is 0 Å². The Hall–Kier alpha value is -1.06. The number of rotatable bonds is 16. The van der Waals surface area contributed by atoms with Gasteiger partial charge in [-0.05, 0) is 0 Å². The molecule has 0 aromatic carbocycles. The van der Waals surface area contributed by atoms with Crippen LogP contribution in [0, 0.1) is 0 Å². The molecule has 30 heavy (non-hydrogen) atoms. The lowest BCUT2D eigenvalue weighted by Gasteiger charge is -2.29. The van der Waals surface area contributed by atoms with Crippen LogP contribution in [0.4, 0.5) is 0 Å². The number of carbonyl (C=O) groups excluding carboxylic acids is 2. The molecule has 0 aliphatic carbocycles. The van der Waals surface area contributed by atoms with Gasteiger partial charge in [0.15, 0.2) is 12.6 Å². The fourth-order valence-corrected chi connectivity index (χ4v) is 2.54. The first kappa shape index (κ1) is 31.1. The van der Waals surface area contributed by atoms with Crippen LogP contribution < -0.4 is 0 Å². The molecule has 0 amide bonds. The Bertz CT molecular complexity index is 422. The van der Waals surface area contributed by atoms with Crippen molar-refractivity contribution in [1.29, 1.82) is 0 Å². The molecule has 180 valence electrons. The van der Waals surface area contributed by atoms with Crippen molar-refractivity contribution in [3.8, 4) is 0 Å². The maximum absolute atomic E-state index is 10.6. The standard InChI is InChI=1S/2C9H18O6/c1-13-5-6(11)8(12)9(15-3)7(4-10)14-2;1-13-5-7(12)9(15-3)8(14-2)6(11)4-10/h2*4,6-9,11-12H,5H2,1-3H3/t6-,7+,8-,9-;6-,7+,8+,9-/m10/s1. The zero-order valence-corrected chi connectivity index (χ0v) is 18.2. The van der Waals surface area contributed by atoms with E-state index < -0.39 is 48.8 Å². The lowest BCUT2D eigenvalue weighted by atomic mass is 10.0. The molecule has 12 nitrogen and oxygen atoms in total. The summed E-state index contributed by atoms with van der Waals surface area (Å²) in [4.78, 5) is 21.0. The maximum atomic E-state index is 10.6. The van der Waals surface area contributed by atoms with E-state index in [4.69, 9.17) is 23.7 Å². The molecule has 4 N–H and O–H groups in total. The number of carbonyl (C=O) groups is 2. The molecule has 0 spiro atoms. The first-order valence-corrected chi connectivity index (χ1v) is 8.96. The van der Waals surface area contributed by atoms with E-state index >= 15 is 0 Å². The quantitative estimate of drug-likeness (QED) is 0.180. The monoisotopic (exact) mass is 444 g/mol. The second-order valence-corrected chi connectivity index (χ2v) is 6.10. The first-order valence-electron chi connectivity index (χ1n) is 8.96. The van der Waals surface area contributed by atoms with E-state index in [0.717, 1.165) is 0 Å². The third kappa shape index (κ3) is 10.8. The van der Waals surface area contributed by atoms with E-state index in [1.165, 1.54) is 42.7 Å². The summed E-state index contributed by atoms with van der Waals surface area (Å²) in [7, 11) is 8.14. The third-order valence-electron chi connectivity index (χ3n) is 4.13. The largest absolute Gasteiger partial charge is 0.388 e. The van der Waals surface area contributed by atoms with Gasteiger partial charge in [-0.2, -0.15) is 0 Å². The summed E-state index contributed by atoms with van der Waals surface area (Å²) in [6.45, 7) is -0.0136. The average molecular weight is 444 g/mol. The zero-order chi connectivity index (χ0) is 23.7. The molecule has 0 heterocycles. The summed E-state index contributed by atoms with van der Waals surface area (Å²) >= 11 is 0. The Labute approximate surface area is 176 Å². The molecule has 0 aromatic heterocycles. The van der Waals surface area contributed by atoms with E-state index in [9.17, 15) is 30.0 Å².